The summed E-state index contributed by atoms with van der Waals surface area (Å²) in [7, 11) is 0. The summed E-state index contributed by atoms with van der Waals surface area (Å²) in [4.78, 5) is 4.60. The first-order valence-electron chi connectivity index (χ1n) is 29.0. The van der Waals surface area contributed by atoms with Gasteiger partial charge >= 0.3 is 0 Å². The van der Waals surface area contributed by atoms with Gasteiger partial charge in [0.2, 0.25) is 0 Å². The highest BCUT2D eigenvalue weighted by atomic mass is 16.3. The summed E-state index contributed by atoms with van der Waals surface area (Å²) in [5.41, 5.74) is 20.4. The Morgan fingerprint density at radius 1 is 0.235 bits per heavy atom. The standard InChI is InChI=1S/C80H49N3O2/c1-4-16-50(17-5-1)59-46-70-68-44-55-32-30-53(51-34-38-62(39-35-51)81(60-18-6-2-7-19-60)72-26-14-24-66-64-22-10-12-28-76(64)84-79(66)72)42-57(55)48-74(68)83-75-49-58-43-54(31-33-56(58)45-69(75)71(47-59)78(70)83)52-36-40-63(41-37-52)82(61-20-8-3-9-21-61)73-27-15-25-67-65-23-11-13-29-77(65)85-80(67)73/h1-49H. The van der Waals surface area contributed by atoms with Crippen molar-refractivity contribution in [1.82, 2.24) is 4.40 Å². The Kier molecular flexibility index (Phi) is 10.3. The molecule has 396 valence electrons. The molecule has 0 unspecified atom stereocenters. The number of rotatable bonds is 9. The second-order valence-electron chi connectivity index (χ2n) is 22.4. The molecule has 0 fully saturated rings. The molecule has 0 aliphatic heterocycles. The van der Waals surface area contributed by atoms with E-state index in [0.717, 1.165) is 100 Å². The third-order valence-corrected chi connectivity index (χ3v) is 17.6. The van der Waals surface area contributed by atoms with Gasteiger partial charge in [0.1, 0.15) is 11.2 Å². The molecule has 0 N–H and O–H groups in total. The maximum atomic E-state index is 6.60. The van der Waals surface area contributed by atoms with Crippen LogP contribution in [-0.2, 0) is 0 Å². The van der Waals surface area contributed by atoms with E-state index in [1.54, 1.807) is 0 Å². The summed E-state index contributed by atoms with van der Waals surface area (Å²) in [6.45, 7) is 0. The second kappa shape index (κ2) is 18.6. The van der Waals surface area contributed by atoms with Crippen molar-refractivity contribution in [1.29, 1.82) is 0 Å². The molecule has 0 aliphatic carbocycles. The quantitative estimate of drug-likeness (QED) is 0.144. The van der Waals surface area contributed by atoms with E-state index in [4.69, 9.17) is 8.83 Å². The Morgan fingerprint density at radius 2 is 0.624 bits per heavy atom. The molecule has 85 heavy (non-hydrogen) atoms. The fourth-order valence-electron chi connectivity index (χ4n) is 13.6. The zero-order chi connectivity index (χ0) is 55.7. The number of anilines is 6. The molecule has 0 spiro atoms. The first-order chi connectivity index (χ1) is 42.1. The van der Waals surface area contributed by atoms with E-state index in [0.29, 0.717) is 0 Å². The predicted octanol–water partition coefficient (Wildman–Crippen LogP) is 22.9. The van der Waals surface area contributed by atoms with E-state index in [1.807, 2.05) is 24.3 Å². The van der Waals surface area contributed by atoms with Crippen molar-refractivity contribution in [3.63, 3.8) is 0 Å². The highest BCUT2D eigenvalue weighted by Gasteiger charge is 2.24. The van der Waals surface area contributed by atoms with E-state index in [-0.39, 0.29) is 0 Å². The lowest BCUT2D eigenvalue weighted by Crippen LogP contribution is -2.10. The SMILES string of the molecule is c1ccc(-c2cc3c4cc5ccc(-c6ccc(N(c7ccccc7)c7cccc8c7oc7ccccc78)cc6)cc5cc4n4c5cc6cc(-c7ccc(N(c8ccccc8)c8cccc9c8oc8ccccc89)cc7)ccc6cc5c(c2)c34)cc1. The van der Waals surface area contributed by atoms with E-state index in [9.17, 15) is 0 Å². The van der Waals surface area contributed by atoms with Gasteiger partial charge in [-0.3, -0.25) is 0 Å². The van der Waals surface area contributed by atoms with Crippen molar-refractivity contribution < 1.29 is 8.83 Å². The minimum atomic E-state index is 0.867. The van der Waals surface area contributed by atoms with Crippen LogP contribution >= 0.6 is 0 Å². The van der Waals surface area contributed by atoms with Crippen molar-refractivity contribution in [2.45, 2.75) is 0 Å². The van der Waals surface area contributed by atoms with Crippen molar-refractivity contribution in [3.05, 3.63) is 297 Å². The van der Waals surface area contributed by atoms with Crippen molar-refractivity contribution in [2.24, 2.45) is 0 Å². The number of para-hydroxylation sites is 6. The molecule has 0 aliphatic rings. The van der Waals surface area contributed by atoms with Gasteiger partial charge in [-0.15, -0.1) is 0 Å². The van der Waals surface area contributed by atoms with Gasteiger partial charge in [0.25, 0.3) is 0 Å². The first kappa shape index (κ1) is 47.3. The number of fused-ring (bicyclic) bond motifs is 14. The predicted molar refractivity (Wildman–Crippen MR) is 356 cm³/mol. The Morgan fingerprint density at radius 3 is 1.09 bits per heavy atom. The molecule has 5 nitrogen and oxygen atoms in total. The second-order valence-corrected chi connectivity index (χ2v) is 22.4. The van der Waals surface area contributed by atoms with Crippen molar-refractivity contribution in [3.8, 4) is 33.4 Å². The molecular weight excluding hydrogens is 1030 g/mol. The van der Waals surface area contributed by atoms with E-state index in [1.165, 1.54) is 70.8 Å². The number of nitrogens with zero attached hydrogens (tertiary/aromatic N) is 3. The molecule has 0 atom stereocenters. The summed E-state index contributed by atoms with van der Waals surface area (Å²) >= 11 is 0. The molecule has 5 heteroatoms. The van der Waals surface area contributed by atoms with Gasteiger partial charge in [-0.1, -0.05) is 176 Å². The smallest absolute Gasteiger partial charge is 0.159 e. The van der Waals surface area contributed by atoms with Gasteiger partial charge in [-0.05, 0) is 176 Å². The Bertz CT molecular complexity index is 5320. The largest absolute Gasteiger partial charge is 0.454 e. The Hall–Kier alpha value is -11.4. The molecule has 0 bridgehead atoms. The van der Waals surface area contributed by atoms with Crippen LogP contribution in [-0.4, -0.2) is 4.40 Å². The fraction of sp³-hybridized carbons (Fsp3) is 0. The van der Waals surface area contributed by atoms with Crippen molar-refractivity contribution in [2.75, 3.05) is 9.80 Å². The molecular formula is C80H49N3O2. The fourth-order valence-corrected chi connectivity index (χ4v) is 13.6. The van der Waals surface area contributed by atoms with Crippen LogP contribution in [0.1, 0.15) is 0 Å². The minimum Gasteiger partial charge on any atom is -0.454 e. The molecule has 18 rings (SSSR count). The van der Waals surface area contributed by atoms with Crippen LogP contribution in [0.4, 0.5) is 34.1 Å². The zero-order valence-electron chi connectivity index (χ0n) is 45.9. The average Bonchev–Trinajstić information content (AvgIpc) is 1.77. The van der Waals surface area contributed by atoms with Crippen LogP contribution in [0.2, 0.25) is 0 Å². The number of hydrogen-bond donors (Lipinski definition) is 0. The summed E-state index contributed by atoms with van der Waals surface area (Å²) < 4.78 is 15.7. The summed E-state index contributed by atoms with van der Waals surface area (Å²) in [5.74, 6) is 0. The average molecular weight is 1080 g/mol. The summed E-state index contributed by atoms with van der Waals surface area (Å²) in [5, 5.41) is 14.3. The molecule has 14 aromatic carbocycles. The lowest BCUT2D eigenvalue weighted by atomic mass is 9.96. The van der Waals surface area contributed by atoms with Gasteiger partial charge < -0.3 is 23.0 Å². The van der Waals surface area contributed by atoms with Crippen LogP contribution < -0.4 is 9.80 Å². The highest BCUT2D eigenvalue weighted by Crippen LogP contribution is 2.47. The maximum Gasteiger partial charge on any atom is 0.159 e. The highest BCUT2D eigenvalue weighted by molar-refractivity contribution is 6.27. The first-order valence-corrected chi connectivity index (χ1v) is 29.0. The van der Waals surface area contributed by atoms with Gasteiger partial charge in [-0.2, -0.15) is 0 Å². The van der Waals surface area contributed by atoms with Crippen LogP contribution in [0, 0.1) is 0 Å². The lowest BCUT2D eigenvalue weighted by molar-refractivity contribution is 0.668. The lowest BCUT2D eigenvalue weighted by Gasteiger charge is -2.25. The maximum absolute atomic E-state index is 6.60. The molecule has 4 heterocycles. The van der Waals surface area contributed by atoms with Crippen LogP contribution in [0.15, 0.2) is 306 Å². The minimum absolute atomic E-state index is 0.867. The summed E-state index contributed by atoms with van der Waals surface area (Å²) in [6.07, 6.45) is 0. The van der Waals surface area contributed by atoms with Crippen molar-refractivity contribution >= 4 is 138 Å². The van der Waals surface area contributed by atoms with Crippen LogP contribution in [0.25, 0.3) is 137 Å². The molecule has 0 saturated carbocycles. The van der Waals surface area contributed by atoms with Gasteiger partial charge in [0, 0.05) is 65.8 Å². The normalized spacial score (nSPS) is 12.0. The van der Waals surface area contributed by atoms with Gasteiger partial charge in [0.05, 0.1) is 27.9 Å². The van der Waals surface area contributed by atoms with Gasteiger partial charge in [0.15, 0.2) is 11.2 Å². The number of benzene rings is 14. The van der Waals surface area contributed by atoms with Gasteiger partial charge in [-0.25, -0.2) is 0 Å². The number of aromatic nitrogens is 1. The Balaban J connectivity index is 0.747. The molecule has 0 amide bonds. The molecule has 4 aromatic heterocycles. The molecule has 0 radical (unpaired) electrons. The third kappa shape index (κ3) is 7.44. The topological polar surface area (TPSA) is 37.2 Å². The van der Waals surface area contributed by atoms with Crippen LogP contribution in [0.3, 0.4) is 0 Å². The third-order valence-electron chi connectivity index (χ3n) is 17.6. The molecule has 0 saturated heterocycles. The van der Waals surface area contributed by atoms with E-state index in [2.05, 4.69) is 287 Å². The summed E-state index contributed by atoms with van der Waals surface area (Å²) in [6, 6.07) is 108. The molecule has 18 aromatic rings. The number of furan rings is 2. The van der Waals surface area contributed by atoms with Crippen LogP contribution in [0.5, 0.6) is 0 Å². The van der Waals surface area contributed by atoms with E-state index >= 15 is 0 Å². The monoisotopic (exact) mass is 1080 g/mol. The number of hydrogen-bond acceptors (Lipinski definition) is 4. The zero-order valence-corrected chi connectivity index (χ0v) is 45.9. The van der Waals surface area contributed by atoms with E-state index < -0.39 is 0 Å². The Labute approximate surface area is 488 Å².